The van der Waals surface area contributed by atoms with Crippen molar-refractivity contribution in [2.24, 2.45) is 0 Å². The van der Waals surface area contributed by atoms with Crippen LogP contribution in [0.15, 0.2) is 36.0 Å². The van der Waals surface area contributed by atoms with Gasteiger partial charge in [0.25, 0.3) is 0 Å². The number of hydrogen-bond acceptors (Lipinski definition) is 0. The van der Waals surface area contributed by atoms with Crippen molar-refractivity contribution >= 4 is 4.40 Å². The van der Waals surface area contributed by atoms with E-state index in [1.54, 1.807) is 0 Å². The van der Waals surface area contributed by atoms with E-state index in [0.29, 0.717) is 0 Å². The van der Waals surface area contributed by atoms with Crippen LogP contribution >= 0.6 is 0 Å². The third kappa shape index (κ3) is 2.24. The molecule has 9 heavy (non-hydrogen) atoms. The Balaban J connectivity index is 2.47. The second-order valence-corrected chi connectivity index (χ2v) is 2.85. The van der Waals surface area contributed by atoms with Crippen LogP contribution in [0.5, 0.6) is 0 Å². The fourth-order valence-electron chi connectivity index (χ4n) is 0.750. The second kappa shape index (κ2) is 3.74. The molecule has 0 aromatic heterocycles. The molecule has 0 atom stereocenters. The minimum absolute atomic E-state index is 1.11. The van der Waals surface area contributed by atoms with Crippen LogP contribution < -0.4 is 0 Å². The average Bonchev–Trinajstić information content (AvgIpc) is 2.34. The van der Waals surface area contributed by atoms with Crippen molar-refractivity contribution in [2.75, 3.05) is 0 Å². The van der Waals surface area contributed by atoms with Gasteiger partial charge in [-0.3, -0.25) is 0 Å². The van der Waals surface area contributed by atoms with Gasteiger partial charge in [0.1, 0.15) is 0 Å². The Morgan fingerprint density at radius 2 is 2.44 bits per heavy atom. The van der Waals surface area contributed by atoms with E-state index < -0.39 is 0 Å². The fraction of sp³-hybridized carbons (Fsp3) is 0.125. The monoisotopic (exact) mass is 288 g/mol. The van der Waals surface area contributed by atoms with Gasteiger partial charge in [-0.05, 0) is 0 Å². The van der Waals surface area contributed by atoms with Gasteiger partial charge in [-0.1, -0.05) is 0 Å². The SMILES string of the molecule is [W]=[CH]/C=C\C1=CC=CC1. The van der Waals surface area contributed by atoms with E-state index in [4.69, 9.17) is 0 Å². The van der Waals surface area contributed by atoms with E-state index in [2.05, 4.69) is 34.8 Å². The van der Waals surface area contributed by atoms with Gasteiger partial charge >= 0.3 is 66.1 Å². The fourth-order valence-corrected chi connectivity index (χ4v) is 1.03. The molecular formula is C8H8W. The molecule has 0 aliphatic heterocycles. The maximum absolute atomic E-state index is 2.17. The van der Waals surface area contributed by atoms with E-state index in [-0.39, 0.29) is 0 Å². The Bertz CT molecular complexity index is 185. The molecular weight excluding hydrogens is 280 g/mol. The van der Waals surface area contributed by atoms with Crippen molar-refractivity contribution < 1.29 is 19.4 Å². The van der Waals surface area contributed by atoms with Crippen LogP contribution in [0.4, 0.5) is 0 Å². The minimum atomic E-state index is 1.11. The van der Waals surface area contributed by atoms with Gasteiger partial charge in [0.05, 0.1) is 0 Å². The van der Waals surface area contributed by atoms with Gasteiger partial charge in [-0.15, -0.1) is 0 Å². The van der Waals surface area contributed by atoms with E-state index in [1.807, 2.05) is 0 Å². The topological polar surface area (TPSA) is 0 Å². The van der Waals surface area contributed by atoms with Crippen molar-refractivity contribution in [3.63, 3.8) is 0 Å². The van der Waals surface area contributed by atoms with Crippen LogP contribution in [0.2, 0.25) is 0 Å². The first kappa shape index (κ1) is 6.89. The predicted octanol–water partition coefficient (Wildman–Crippen LogP) is 1.78. The Labute approximate surface area is 66.4 Å². The Kier molecular flexibility index (Phi) is 2.86. The number of allylic oxidation sites excluding steroid dienone is 6. The zero-order valence-electron chi connectivity index (χ0n) is 5.08. The molecule has 1 aliphatic rings. The molecule has 0 fully saturated rings. The van der Waals surface area contributed by atoms with Crippen LogP contribution in [0.1, 0.15) is 6.42 Å². The first-order valence-electron chi connectivity index (χ1n) is 2.91. The quantitative estimate of drug-likeness (QED) is 0.726. The van der Waals surface area contributed by atoms with Gasteiger partial charge in [0, 0.05) is 0 Å². The molecule has 0 spiro atoms. The van der Waals surface area contributed by atoms with Crippen molar-refractivity contribution in [3.05, 3.63) is 36.0 Å². The molecule has 0 N–H and O–H groups in total. The molecule has 0 radical (unpaired) electrons. The van der Waals surface area contributed by atoms with Crippen LogP contribution in [0, 0.1) is 0 Å². The molecule has 0 unspecified atom stereocenters. The standard InChI is InChI=1S/C8H8.W/c1-2-5-8-6-3-4-7-8;/h1-6H,7H2;/b5-2-;. The van der Waals surface area contributed by atoms with Crippen molar-refractivity contribution in [1.82, 2.24) is 0 Å². The Hall–Kier alpha value is -0.222. The number of hydrogen-bond donors (Lipinski definition) is 0. The molecule has 0 aromatic carbocycles. The van der Waals surface area contributed by atoms with Gasteiger partial charge in [-0.2, -0.15) is 0 Å². The Morgan fingerprint density at radius 3 is 3.00 bits per heavy atom. The van der Waals surface area contributed by atoms with Crippen molar-refractivity contribution in [1.29, 1.82) is 0 Å². The molecule has 1 aliphatic carbocycles. The molecule has 0 heterocycles. The summed E-state index contributed by atoms with van der Waals surface area (Å²) >= 11 is 1.51. The first-order chi connectivity index (χ1) is 4.43. The first-order valence-corrected chi connectivity index (χ1v) is 4.60. The zero-order chi connectivity index (χ0) is 6.53. The summed E-state index contributed by atoms with van der Waals surface area (Å²) in [6.45, 7) is 0. The normalized spacial score (nSPS) is 16.7. The molecule has 0 saturated carbocycles. The summed E-state index contributed by atoms with van der Waals surface area (Å²) in [4.78, 5) is 0. The molecule has 0 aromatic rings. The van der Waals surface area contributed by atoms with Crippen LogP contribution in [0.25, 0.3) is 0 Å². The average molecular weight is 288 g/mol. The van der Waals surface area contributed by atoms with E-state index in [9.17, 15) is 0 Å². The van der Waals surface area contributed by atoms with Gasteiger partial charge in [-0.25, -0.2) is 0 Å². The molecule has 46 valence electrons. The Morgan fingerprint density at radius 1 is 1.56 bits per heavy atom. The van der Waals surface area contributed by atoms with Crippen LogP contribution in [-0.2, 0) is 19.4 Å². The molecule has 0 amide bonds. The summed E-state index contributed by atoms with van der Waals surface area (Å²) in [5.74, 6) is 0. The summed E-state index contributed by atoms with van der Waals surface area (Å²) in [6.07, 6.45) is 11.8. The summed E-state index contributed by atoms with van der Waals surface area (Å²) in [7, 11) is 0. The molecule has 0 nitrogen and oxygen atoms in total. The van der Waals surface area contributed by atoms with E-state index in [0.717, 1.165) is 6.42 Å². The predicted molar refractivity (Wildman–Crippen MR) is 37.0 cm³/mol. The van der Waals surface area contributed by atoms with Crippen molar-refractivity contribution in [3.8, 4) is 0 Å². The molecule has 1 heteroatoms. The third-order valence-electron chi connectivity index (χ3n) is 1.19. The summed E-state index contributed by atoms with van der Waals surface area (Å²) in [6, 6.07) is 0. The van der Waals surface area contributed by atoms with Gasteiger partial charge in [0.2, 0.25) is 0 Å². The van der Waals surface area contributed by atoms with Crippen LogP contribution in [0.3, 0.4) is 0 Å². The van der Waals surface area contributed by atoms with E-state index in [1.165, 1.54) is 24.9 Å². The molecule has 1 rings (SSSR count). The van der Waals surface area contributed by atoms with Gasteiger partial charge in [0.15, 0.2) is 0 Å². The second-order valence-electron chi connectivity index (χ2n) is 1.87. The summed E-state index contributed by atoms with van der Waals surface area (Å²) < 4.78 is 2.12. The zero-order valence-corrected chi connectivity index (χ0v) is 8.01. The number of rotatable bonds is 2. The third-order valence-corrected chi connectivity index (χ3v) is 1.75. The van der Waals surface area contributed by atoms with Gasteiger partial charge < -0.3 is 0 Å². The maximum atomic E-state index is 2.17. The van der Waals surface area contributed by atoms with E-state index >= 15 is 0 Å². The summed E-state index contributed by atoms with van der Waals surface area (Å²) in [5, 5.41) is 0. The molecule has 0 bridgehead atoms. The summed E-state index contributed by atoms with van der Waals surface area (Å²) in [5.41, 5.74) is 1.41. The van der Waals surface area contributed by atoms with Crippen LogP contribution in [-0.4, -0.2) is 4.40 Å². The van der Waals surface area contributed by atoms with Crippen molar-refractivity contribution in [2.45, 2.75) is 6.42 Å². The molecule has 0 saturated heterocycles.